The number of nitrogens with one attached hydrogen (secondary N) is 1. The molecule has 0 spiro atoms. The van der Waals surface area contributed by atoms with E-state index in [1.165, 1.54) is 18.4 Å². The number of aromatic nitrogens is 1. The van der Waals surface area contributed by atoms with Crippen LogP contribution < -0.4 is 10.1 Å². The van der Waals surface area contributed by atoms with Crippen LogP contribution in [0, 0.1) is 0 Å². The van der Waals surface area contributed by atoms with Crippen LogP contribution >= 0.6 is 11.3 Å². The van der Waals surface area contributed by atoms with Gasteiger partial charge in [-0.2, -0.15) is 0 Å². The fraction of sp³-hybridized carbons (Fsp3) is 0.143. The van der Waals surface area contributed by atoms with Crippen molar-refractivity contribution in [3.63, 3.8) is 0 Å². The van der Waals surface area contributed by atoms with Crippen LogP contribution in [0.15, 0.2) is 24.4 Å². The van der Waals surface area contributed by atoms with Crippen LogP contribution in [0.3, 0.4) is 0 Å². The van der Waals surface area contributed by atoms with Crippen molar-refractivity contribution in [2.45, 2.75) is 0 Å². The Morgan fingerprint density at radius 2 is 2.25 bits per heavy atom. The minimum atomic E-state index is -0.145. The van der Waals surface area contributed by atoms with E-state index in [0.29, 0.717) is 10.6 Å². The normalized spacial score (nSPS) is 10.7. The predicted octanol–water partition coefficient (Wildman–Crippen LogP) is 2.39. The zero-order valence-corrected chi connectivity index (χ0v) is 11.9. The number of amides is 1. The Balaban J connectivity index is 2.17. The lowest BCUT2D eigenvalue weighted by molar-refractivity contribution is 0.0967. The van der Waals surface area contributed by atoms with Crippen molar-refractivity contribution < 1.29 is 14.6 Å². The van der Waals surface area contributed by atoms with E-state index in [1.807, 2.05) is 12.2 Å². The first-order valence-electron chi connectivity index (χ1n) is 5.87. The quantitative estimate of drug-likeness (QED) is 0.907. The Hall–Kier alpha value is -2.34. The second-order valence-corrected chi connectivity index (χ2v) is 4.97. The van der Waals surface area contributed by atoms with Crippen molar-refractivity contribution in [3.8, 4) is 11.5 Å². The summed E-state index contributed by atoms with van der Waals surface area (Å²) in [4.78, 5) is 16.1. The summed E-state index contributed by atoms with van der Waals surface area (Å²) in [7, 11) is 3.08. The largest absolute Gasteiger partial charge is 0.504 e. The Kier molecular flexibility index (Phi) is 4.37. The van der Waals surface area contributed by atoms with Gasteiger partial charge in [0, 0.05) is 7.05 Å². The number of phenols is 1. The van der Waals surface area contributed by atoms with Crippen molar-refractivity contribution in [2.24, 2.45) is 0 Å². The third-order valence-corrected chi connectivity index (χ3v) is 3.56. The molecule has 0 saturated carbocycles. The molecule has 0 radical (unpaired) electrons. The monoisotopic (exact) mass is 290 g/mol. The van der Waals surface area contributed by atoms with E-state index in [0.717, 1.165) is 10.6 Å². The number of nitrogens with zero attached hydrogens (tertiary/aromatic N) is 1. The standard InChI is InChI=1S/C14H14N2O3S/c1-15-14(18)12-8-16-13(20-12)6-4-9-3-5-10(17)11(7-9)19-2/h3-8,17H,1-2H3,(H,15,18)/b6-4+. The third-order valence-electron chi connectivity index (χ3n) is 2.60. The number of phenolic OH excluding ortho intramolecular Hbond substituents is 1. The molecule has 0 aliphatic rings. The summed E-state index contributed by atoms with van der Waals surface area (Å²) >= 11 is 1.31. The number of thiazole rings is 1. The van der Waals surface area contributed by atoms with E-state index >= 15 is 0 Å². The van der Waals surface area contributed by atoms with Crippen molar-refractivity contribution in [1.29, 1.82) is 0 Å². The smallest absolute Gasteiger partial charge is 0.262 e. The van der Waals surface area contributed by atoms with Gasteiger partial charge < -0.3 is 15.2 Å². The van der Waals surface area contributed by atoms with Crippen molar-refractivity contribution in [3.05, 3.63) is 39.8 Å². The van der Waals surface area contributed by atoms with Crippen molar-refractivity contribution in [2.75, 3.05) is 14.2 Å². The number of benzene rings is 1. The maximum Gasteiger partial charge on any atom is 0.262 e. The molecule has 1 amide bonds. The van der Waals surface area contributed by atoms with Crippen LogP contribution in [0.2, 0.25) is 0 Å². The van der Waals surface area contributed by atoms with Gasteiger partial charge in [-0.25, -0.2) is 4.98 Å². The molecule has 0 saturated heterocycles. The Morgan fingerprint density at radius 3 is 2.95 bits per heavy atom. The maximum atomic E-state index is 11.4. The maximum absolute atomic E-state index is 11.4. The second kappa shape index (κ2) is 6.21. The summed E-state index contributed by atoms with van der Waals surface area (Å²) in [6.07, 6.45) is 5.19. The summed E-state index contributed by atoms with van der Waals surface area (Å²) in [6.45, 7) is 0. The lowest BCUT2D eigenvalue weighted by Gasteiger charge is -2.03. The molecule has 0 fully saturated rings. The number of ether oxygens (including phenoxy) is 1. The first-order chi connectivity index (χ1) is 9.63. The minimum absolute atomic E-state index is 0.0980. The highest BCUT2D eigenvalue weighted by molar-refractivity contribution is 7.14. The lowest BCUT2D eigenvalue weighted by Crippen LogP contribution is -2.16. The summed E-state index contributed by atoms with van der Waals surface area (Å²) < 4.78 is 5.04. The molecule has 0 unspecified atom stereocenters. The average Bonchev–Trinajstić information content (AvgIpc) is 2.94. The van der Waals surface area contributed by atoms with E-state index in [1.54, 1.807) is 31.4 Å². The fourth-order valence-electron chi connectivity index (χ4n) is 1.56. The molecule has 0 aliphatic heterocycles. The number of carbonyl (C=O) groups excluding carboxylic acids is 1. The second-order valence-electron chi connectivity index (χ2n) is 3.91. The van der Waals surface area contributed by atoms with E-state index in [4.69, 9.17) is 4.74 Å². The first kappa shape index (κ1) is 14.1. The predicted molar refractivity (Wildman–Crippen MR) is 79.1 cm³/mol. The molecule has 0 bridgehead atoms. The Bertz CT molecular complexity index is 650. The van der Waals surface area contributed by atoms with Crippen LogP contribution in [-0.2, 0) is 0 Å². The van der Waals surface area contributed by atoms with Crippen LogP contribution in [0.1, 0.15) is 20.2 Å². The van der Waals surface area contributed by atoms with Gasteiger partial charge in [0.25, 0.3) is 5.91 Å². The van der Waals surface area contributed by atoms with Gasteiger partial charge in [0.15, 0.2) is 11.5 Å². The average molecular weight is 290 g/mol. The number of methoxy groups -OCH3 is 1. The van der Waals surface area contributed by atoms with Crippen LogP contribution in [0.5, 0.6) is 11.5 Å². The number of rotatable bonds is 4. The van der Waals surface area contributed by atoms with Crippen molar-refractivity contribution >= 4 is 29.4 Å². The van der Waals surface area contributed by atoms with Crippen LogP contribution in [0.25, 0.3) is 12.2 Å². The Labute approximate surface area is 120 Å². The molecular weight excluding hydrogens is 276 g/mol. The molecule has 6 heteroatoms. The van der Waals surface area contributed by atoms with Crippen LogP contribution in [0.4, 0.5) is 0 Å². The lowest BCUT2D eigenvalue weighted by atomic mass is 10.2. The molecule has 2 rings (SSSR count). The molecule has 2 aromatic rings. The van der Waals surface area contributed by atoms with Gasteiger partial charge in [-0.05, 0) is 23.8 Å². The molecule has 0 aliphatic carbocycles. The summed E-state index contributed by atoms with van der Waals surface area (Å²) in [5.41, 5.74) is 0.872. The van der Waals surface area contributed by atoms with Gasteiger partial charge in [0.05, 0.1) is 13.3 Å². The van der Waals surface area contributed by atoms with E-state index in [2.05, 4.69) is 10.3 Å². The zero-order valence-electron chi connectivity index (χ0n) is 11.1. The zero-order chi connectivity index (χ0) is 14.5. The highest BCUT2D eigenvalue weighted by Gasteiger charge is 2.06. The molecule has 0 atom stereocenters. The molecular formula is C14H14N2O3S. The van der Waals surface area contributed by atoms with Crippen molar-refractivity contribution in [1.82, 2.24) is 10.3 Å². The van der Waals surface area contributed by atoms with Crippen LogP contribution in [-0.4, -0.2) is 30.2 Å². The summed E-state index contributed by atoms with van der Waals surface area (Å²) in [6, 6.07) is 5.05. The number of carbonyl (C=O) groups is 1. The summed E-state index contributed by atoms with van der Waals surface area (Å²) in [5, 5.41) is 12.8. The molecule has 104 valence electrons. The highest BCUT2D eigenvalue weighted by Crippen LogP contribution is 2.27. The fourth-order valence-corrected chi connectivity index (χ4v) is 2.33. The van der Waals surface area contributed by atoms with Gasteiger partial charge in [-0.3, -0.25) is 4.79 Å². The molecule has 2 N–H and O–H groups in total. The van der Waals surface area contributed by atoms with Gasteiger partial charge >= 0.3 is 0 Å². The minimum Gasteiger partial charge on any atom is -0.504 e. The number of aromatic hydroxyl groups is 1. The highest BCUT2D eigenvalue weighted by atomic mass is 32.1. The molecule has 1 heterocycles. The van der Waals surface area contributed by atoms with E-state index < -0.39 is 0 Å². The SMILES string of the molecule is CNC(=O)c1cnc(/C=C/c2ccc(O)c(OC)c2)s1. The van der Waals surface area contributed by atoms with E-state index in [9.17, 15) is 9.90 Å². The third kappa shape index (κ3) is 3.16. The number of hydrogen-bond donors (Lipinski definition) is 2. The molecule has 1 aromatic heterocycles. The summed E-state index contributed by atoms with van der Waals surface area (Å²) in [5.74, 6) is 0.367. The molecule has 20 heavy (non-hydrogen) atoms. The van der Waals surface area contributed by atoms with Gasteiger partial charge in [-0.15, -0.1) is 11.3 Å². The van der Waals surface area contributed by atoms with Gasteiger partial charge in [0.2, 0.25) is 0 Å². The molecule has 5 nitrogen and oxygen atoms in total. The van der Waals surface area contributed by atoms with Gasteiger partial charge in [0.1, 0.15) is 9.88 Å². The topological polar surface area (TPSA) is 71.5 Å². The van der Waals surface area contributed by atoms with Gasteiger partial charge in [-0.1, -0.05) is 12.1 Å². The Morgan fingerprint density at radius 1 is 1.45 bits per heavy atom. The molecule has 1 aromatic carbocycles. The first-order valence-corrected chi connectivity index (χ1v) is 6.68. The number of hydrogen-bond acceptors (Lipinski definition) is 5. The van der Waals surface area contributed by atoms with E-state index in [-0.39, 0.29) is 11.7 Å².